The Labute approximate surface area is 128 Å². The quantitative estimate of drug-likeness (QED) is 0.892. The molecule has 5 nitrogen and oxygen atoms in total. The minimum Gasteiger partial charge on any atom is -0.334 e. The van der Waals surface area contributed by atoms with Gasteiger partial charge in [-0.3, -0.25) is 4.68 Å². The van der Waals surface area contributed by atoms with Gasteiger partial charge in [-0.1, -0.05) is 6.07 Å². The van der Waals surface area contributed by atoms with Crippen molar-refractivity contribution in [2.75, 3.05) is 0 Å². The van der Waals surface area contributed by atoms with Crippen LogP contribution in [0.1, 0.15) is 24.6 Å². The van der Waals surface area contributed by atoms with Gasteiger partial charge in [-0.05, 0) is 37.3 Å². The first-order chi connectivity index (χ1) is 10.2. The van der Waals surface area contributed by atoms with Crippen LogP contribution in [-0.2, 0) is 13.1 Å². The van der Waals surface area contributed by atoms with Crippen LogP contribution in [0.15, 0.2) is 36.0 Å². The van der Waals surface area contributed by atoms with E-state index in [-0.39, 0.29) is 12.1 Å². The number of nitrogens with one attached hydrogen (secondary N) is 1. The largest absolute Gasteiger partial charge is 0.334 e. The molecule has 2 heterocycles. The first-order valence-electron chi connectivity index (χ1n) is 7.29. The molecule has 2 aromatic rings. The number of nitrogens with zero attached hydrogens (tertiary/aromatic N) is 3. The lowest BCUT2D eigenvalue weighted by Gasteiger charge is -2.24. The molecule has 0 aromatic carbocycles. The van der Waals surface area contributed by atoms with E-state index in [9.17, 15) is 4.79 Å². The molecule has 21 heavy (non-hydrogen) atoms. The summed E-state index contributed by atoms with van der Waals surface area (Å²) in [5.41, 5.74) is 0. The topological polar surface area (TPSA) is 50.2 Å². The molecular formula is C15H20N4OS. The van der Waals surface area contributed by atoms with Crippen molar-refractivity contribution in [3.05, 3.63) is 40.8 Å². The molecule has 0 spiro atoms. The van der Waals surface area contributed by atoms with Gasteiger partial charge in [0.2, 0.25) is 0 Å². The minimum atomic E-state index is 0.0329. The average molecular weight is 304 g/mol. The summed E-state index contributed by atoms with van der Waals surface area (Å²) >= 11 is 1.70. The van der Waals surface area contributed by atoms with Gasteiger partial charge in [-0.15, -0.1) is 11.3 Å². The number of hydrogen-bond donors (Lipinski definition) is 1. The van der Waals surface area contributed by atoms with Gasteiger partial charge in [0.25, 0.3) is 0 Å². The van der Waals surface area contributed by atoms with Crippen LogP contribution in [0, 0.1) is 0 Å². The van der Waals surface area contributed by atoms with Crippen molar-refractivity contribution in [3.8, 4) is 0 Å². The molecule has 0 radical (unpaired) electrons. The zero-order valence-electron chi connectivity index (χ0n) is 12.1. The number of carbonyl (C=O) groups is 1. The molecule has 1 fully saturated rings. The fourth-order valence-corrected chi connectivity index (χ4v) is 3.05. The summed E-state index contributed by atoms with van der Waals surface area (Å²) in [6, 6.07) is 6.50. The Balaban J connectivity index is 1.56. The van der Waals surface area contributed by atoms with Crippen molar-refractivity contribution >= 4 is 17.4 Å². The highest BCUT2D eigenvalue weighted by molar-refractivity contribution is 7.09. The summed E-state index contributed by atoms with van der Waals surface area (Å²) in [6.45, 7) is 3.41. The summed E-state index contributed by atoms with van der Waals surface area (Å²) < 4.78 is 1.84. The first kappa shape index (κ1) is 14.1. The number of urea groups is 1. The Morgan fingerprint density at radius 2 is 2.43 bits per heavy atom. The minimum absolute atomic E-state index is 0.0329. The highest BCUT2D eigenvalue weighted by atomic mass is 32.1. The lowest BCUT2D eigenvalue weighted by molar-refractivity contribution is 0.187. The monoisotopic (exact) mass is 304 g/mol. The maximum Gasteiger partial charge on any atom is 0.318 e. The second-order valence-electron chi connectivity index (χ2n) is 5.52. The van der Waals surface area contributed by atoms with E-state index in [4.69, 9.17) is 0 Å². The number of carbonyl (C=O) groups excluding carboxylic acids is 1. The van der Waals surface area contributed by atoms with Crippen LogP contribution in [0.2, 0.25) is 0 Å². The Kier molecular flexibility index (Phi) is 4.24. The van der Waals surface area contributed by atoms with E-state index in [1.807, 2.05) is 34.8 Å². The molecule has 112 valence electrons. The average Bonchev–Trinajstić information content (AvgIpc) is 2.94. The highest BCUT2D eigenvalue weighted by Gasteiger charge is 2.33. The number of amides is 2. The zero-order chi connectivity index (χ0) is 14.7. The van der Waals surface area contributed by atoms with Crippen LogP contribution in [0.5, 0.6) is 0 Å². The van der Waals surface area contributed by atoms with Crippen molar-refractivity contribution in [2.45, 2.75) is 44.9 Å². The van der Waals surface area contributed by atoms with Crippen LogP contribution in [0.4, 0.5) is 4.79 Å². The second-order valence-corrected chi connectivity index (χ2v) is 6.55. The molecule has 3 rings (SSSR count). The SMILES string of the molecule is C[C@@H](Cn1cccn1)NC(=O)N(Cc1cccs1)C1CC1. The van der Waals surface area contributed by atoms with Gasteiger partial charge in [0, 0.05) is 29.4 Å². The van der Waals surface area contributed by atoms with Crippen molar-refractivity contribution in [1.29, 1.82) is 0 Å². The van der Waals surface area contributed by atoms with Crippen LogP contribution in [-0.4, -0.2) is 32.8 Å². The third kappa shape index (κ3) is 3.85. The highest BCUT2D eigenvalue weighted by Crippen LogP contribution is 2.29. The van der Waals surface area contributed by atoms with E-state index in [2.05, 4.69) is 21.9 Å². The molecule has 0 bridgehead atoms. The van der Waals surface area contributed by atoms with E-state index in [1.165, 1.54) is 4.88 Å². The molecule has 6 heteroatoms. The molecular weight excluding hydrogens is 284 g/mol. The van der Waals surface area contributed by atoms with Gasteiger partial charge < -0.3 is 10.2 Å². The van der Waals surface area contributed by atoms with E-state index < -0.39 is 0 Å². The molecule has 0 unspecified atom stereocenters. The number of thiophene rings is 1. The molecule has 1 saturated carbocycles. The number of aromatic nitrogens is 2. The third-order valence-electron chi connectivity index (χ3n) is 3.54. The zero-order valence-corrected chi connectivity index (χ0v) is 12.9. The van der Waals surface area contributed by atoms with Gasteiger partial charge >= 0.3 is 6.03 Å². The number of rotatable bonds is 6. The molecule has 2 amide bonds. The fourth-order valence-electron chi connectivity index (χ4n) is 2.35. The molecule has 0 aliphatic heterocycles. The van der Waals surface area contributed by atoms with E-state index in [1.54, 1.807) is 17.5 Å². The summed E-state index contributed by atoms with van der Waals surface area (Å²) in [5.74, 6) is 0. The van der Waals surface area contributed by atoms with Crippen LogP contribution >= 0.6 is 11.3 Å². The van der Waals surface area contributed by atoms with E-state index in [0.717, 1.165) is 12.8 Å². The van der Waals surface area contributed by atoms with Crippen molar-refractivity contribution in [3.63, 3.8) is 0 Å². The molecule has 1 N–H and O–H groups in total. The van der Waals surface area contributed by atoms with E-state index in [0.29, 0.717) is 19.1 Å². The summed E-state index contributed by atoms with van der Waals surface area (Å²) in [5, 5.41) is 9.31. The predicted octanol–water partition coefficient (Wildman–Crippen LogP) is 2.71. The van der Waals surface area contributed by atoms with Gasteiger partial charge in [0.05, 0.1) is 13.1 Å². The summed E-state index contributed by atoms with van der Waals surface area (Å²) in [7, 11) is 0. The third-order valence-corrected chi connectivity index (χ3v) is 4.41. The second kappa shape index (κ2) is 6.30. The maximum absolute atomic E-state index is 12.5. The lowest BCUT2D eigenvalue weighted by atomic mass is 10.3. The van der Waals surface area contributed by atoms with Gasteiger partial charge in [0.15, 0.2) is 0 Å². The Hall–Kier alpha value is -1.82. The fraction of sp³-hybridized carbons (Fsp3) is 0.467. The Morgan fingerprint density at radius 1 is 1.57 bits per heavy atom. The van der Waals surface area contributed by atoms with Crippen LogP contribution in [0.3, 0.4) is 0 Å². The Morgan fingerprint density at radius 3 is 3.05 bits per heavy atom. The van der Waals surface area contributed by atoms with E-state index >= 15 is 0 Å². The van der Waals surface area contributed by atoms with Gasteiger partial charge in [-0.25, -0.2) is 4.79 Å². The van der Waals surface area contributed by atoms with Gasteiger partial charge in [-0.2, -0.15) is 5.10 Å². The van der Waals surface area contributed by atoms with Crippen molar-refractivity contribution in [1.82, 2.24) is 20.0 Å². The number of hydrogen-bond acceptors (Lipinski definition) is 3. The van der Waals surface area contributed by atoms with Gasteiger partial charge in [0.1, 0.15) is 0 Å². The van der Waals surface area contributed by atoms with Crippen molar-refractivity contribution < 1.29 is 4.79 Å². The maximum atomic E-state index is 12.5. The summed E-state index contributed by atoms with van der Waals surface area (Å²) in [4.78, 5) is 15.7. The normalized spacial score (nSPS) is 15.7. The lowest BCUT2D eigenvalue weighted by Crippen LogP contribution is -2.45. The molecule has 1 aliphatic rings. The van der Waals surface area contributed by atoms with Crippen molar-refractivity contribution in [2.24, 2.45) is 0 Å². The summed E-state index contributed by atoms with van der Waals surface area (Å²) in [6.07, 6.45) is 5.90. The molecule has 2 aromatic heterocycles. The molecule has 0 saturated heterocycles. The first-order valence-corrected chi connectivity index (χ1v) is 8.17. The predicted molar refractivity (Wildman–Crippen MR) is 83.1 cm³/mol. The molecule has 1 aliphatic carbocycles. The van der Waals surface area contributed by atoms with Crippen LogP contribution < -0.4 is 5.32 Å². The molecule has 1 atom stereocenters. The smallest absolute Gasteiger partial charge is 0.318 e. The van der Waals surface area contributed by atoms with Crippen LogP contribution in [0.25, 0.3) is 0 Å². The standard InChI is InChI=1S/C15H20N4OS/c1-12(10-18-8-3-7-16-18)17-15(20)19(13-5-6-13)11-14-4-2-9-21-14/h2-4,7-9,12-13H,5-6,10-11H2,1H3,(H,17,20)/t12-/m0/s1. The Bertz CT molecular complexity index is 563.